The smallest absolute Gasteiger partial charge is 0.282 e. The molecule has 2 rings (SSSR count). The summed E-state index contributed by atoms with van der Waals surface area (Å²) in [5.41, 5.74) is 0.681. The summed E-state index contributed by atoms with van der Waals surface area (Å²) in [6, 6.07) is 5.10. The molecule has 0 bridgehead atoms. The minimum atomic E-state index is -0.111. The summed E-state index contributed by atoms with van der Waals surface area (Å²) in [7, 11) is 1.56. The van der Waals surface area contributed by atoms with E-state index in [2.05, 4.69) is 5.32 Å². The van der Waals surface area contributed by atoms with Crippen molar-refractivity contribution >= 4 is 23.2 Å². The van der Waals surface area contributed by atoms with Gasteiger partial charge in [-0.1, -0.05) is 11.6 Å². The Bertz CT molecular complexity index is 475. The molecule has 0 unspecified atom stereocenters. The number of halogens is 1. The van der Waals surface area contributed by atoms with E-state index in [0.29, 0.717) is 29.7 Å². The number of hydrogen-bond donors (Lipinski definition) is 2. The van der Waals surface area contributed by atoms with Crippen molar-refractivity contribution < 1.29 is 19.2 Å². The molecule has 1 atom stereocenters. The summed E-state index contributed by atoms with van der Waals surface area (Å²) in [5, 5.41) is 3.37. The van der Waals surface area contributed by atoms with Gasteiger partial charge >= 0.3 is 0 Å². The Morgan fingerprint density at radius 1 is 1.45 bits per heavy atom. The molecule has 1 aromatic rings. The lowest BCUT2D eigenvalue weighted by atomic mass is 10.2. The number of quaternary nitrogens is 1. The van der Waals surface area contributed by atoms with Gasteiger partial charge in [-0.25, -0.2) is 0 Å². The van der Waals surface area contributed by atoms with Gasteiger partial charge in [0.1, 0.15) is 18.8 Å². The number of hydrogen-bond acceptors (Lipinski definition) is 3. The van der Waals surface area contributed by atoms with Gasteiger partial charge in [0, 0.05) is 5.69 Å². The Kier molecular flexibility index (Phi) is 5.23. The average Bonchev–Trinajstić information content (AvgIpc) is 2.47. The third kappa shape index (κ3) is 3.62. The van der Waals surface area contributed by atoms with Gasteiger partial charge in [-0.15, -0.1) is 0 Å². The highest BCUT2D eigenvalue weighted by Gasteiger charge is 2.26. The van der Waals surface area contributed by atoms with E-state index in [9.17, 15) is 4.79 Å². The number of amides is 1. The minimum Gasteiger partial charge on any atom is -0.495 e. The number of methoxy groups -OCH3 is 1. The molecular formula is C14H20ClN2O3+. The quantitative estimate of drug-likeness (QED) is 0.856. The van der Waals surface area contributed by atoms with Crippen LogP contribution in [0.5, 0.6) is 5.75 Å². The molecule has 1 aliphatic heterocycles. The maximum atomic E-state index is 12.2. The van der Waals surface area contributed by atoms with Crippen LogP contribution in [0.3, 0.4) is 0 Å². The summed E-state index contributed by atoms with van der Waals surface area (Å²) in [6.45, 7) is 5.07. The van der Waals surface area contributed by atoms with Crippen LogP contribution in [0, 0.1) is 0 Å². The van der Waals surface area contributed by atoms with Crippen molar-refractivity contribution in [1.82, 2.24) is 0 Å². The second-order valence-electron chi connectivity index (χ2n) is 4.83. The van der Waals surface area contributed by atoms with Crippen LogP contribution in [0.2, 0.25) is 5.02 Å². The highest BCUT2D eigenvalue weighted by atomic mass is 35.5. The Labute approximate surface area is 123 Å². The molecule has 2 N–H and O–H groups in total. The van der Waals surface area contributed by atoms with Crippen LogP contribution >= 0.6 is 11.6 Å². The van der Waals surface area contributed by atoms with Crippen molar-refractivity contribution in [3.8, 4) is 5.75 Å². The fraction of sp³-hybridized carbons (Fsp3) is 0.500. The van der Waals surface area contributed by atoms with E-state index in [1.807, 2.05) is 6.92 Å². The lowest BCUT2D eigenvalue weighted by molar-refractivity contribution is -0.921. The van der Waals surface area contributed by atoms with Gasteiger partial charge in [0.05, 0.1) is 25.3 Å². The number of carbonyl (C=O) groups is 1. The molecular weight excluding hydrogens is 280 g/mol. The van der Waals surface area contributed by atoms with Crippen LogP contribution in [0.15, 0.2) is 18.2 Å². The topological polar surface area (TPSA) is 52.0 Å². The fourth-order valence-corrected chi connectivity index (χ4v) is 2.50. The SMILES string of the molecule is COc1ccc(NC(=O)[C@H](C)[NH+]2CCOCC2)cc1Cl. The standard InChI is InChI=1S/C14H19ClN2O3/c1-10(17-5-7-20-8-6-17)14(18)16-11-3-4-13(19-2)12(15)9-11/h3-4,9-10H,5-8H2,1-2H3,(H,16,18)/p+1/t10-/m0/s1. The molecule has 0 spiro atoms. The molecule has 1 fully saturated rings. The number of benzene rings is 1. The monoisotopic (exact) mass is 299 g/mol. The van der Waals surface area contributed by atoms with E-state index >= 15 is 0 Å². The van der Waals surface area contributed by atoms with Crippen LogP contribution in [0.25, 0.3) is 0 Å². The first kappa shape index (κ1) is 15.1. The molecule has 1 amide bonds. The Balaban J connectivity index is 1.98. The lowest BCUT2D eigenvalue weighted by Gasteiger charge is -2.28. The predicted molar refractivity (Wildman–Crippen MR) is 77.6 cm³/mol. The maximum absolute atomic E-state index is 12.2. The molecule has 0 aromatic heterocycles. The molecule has 6 heteroatoms. The van der Waals surface area contributed by atoms with Gasteiger partial charge in [-0.3, -0.25) is 4.79 Å². The predicted octanol–water partition coefficient (Wildman–Crippen LogP) is 0.591. The summed E-state index contributed by atoms with van der Waals surface area (Å²) >= 11 is 6.04. The van der Waals surface area contributed by atoms with E-state index in [0.717, 1.165) is 13.1 Å². The summed E-state index contributed by atoms with van der Waals surface area (Å²) in [4.78, 5) is 13.5. The largest absolute Gasteiger partial charge is 0.495 e. The summed E-state index contributed by atoms with van der Waals surface area (Å²) < 4.78 is 10.4. The van der Waals surface area contributed by atoms with Gasteiger partial charge in [-0.2, -0.15) is 0 Å². The van der Waals surface area contributed by atoms with Gasteiger partial charge in [0.15, 0.2) is 6.04 Å². The molecule has 1 aromatic carbocycles. The van der Waals surface area contributed by atoms with E-state index in [-0.39, 0.29) is 11.9 Å². The Hall–Kier alpha value is -1.30. The van der Waals surface area contributed by atoms with Crippen LogP contribution < -0.4 is 15.0 Å². The zero-order valence-corrected chi connectivity index (χ0v) is 12.5. The first-order valence-corrected chi connectivity index (χ1v) is 7.06. The Morgan fingerprint density at radius 3 is 2.75 bits per heavy atom. The highest BCUT2D eigenvalue weighted by Crippen LogP contribution is 2.27. The zero-order valence-electron chi connectivity index (χ0n) is 11.7. The van der Waals surface area contributed by atoms with Gasteiger partial charge in [0.25, 0.3) is 5.91 Å². The summed E-state index contributed by atoms with van der Waals surface area (Å²) in [5.74, 6) is 0.583. The number of carbonyl (C=O) groups excluding carboxylic acids is 1. The van der Waals surface area contributed by atoms with E-state index in [1.54, 1.807) is 25.3 Å². The van der Waals surface area contributed by atoms with Crippen molar-refractivity contribution in [3.63, 3.8) is 0 Å². The van der Waals surface area contributed by atoms with E-state index in [1.165, 1.54) is 4.90 Å². The second kappa shape index (κ2) is 6.92. The third-order valence-electron chi connectivity index (χ3n) is 3.56. The van der Waals surface area contributed by atoms with E-state index in [4.69, 9.17) is 21.1 Å². The van der Waals surface area contributed by atoms with Gasteiger partial charge in [0.2, 0.25) is 0 Å². The zero-order chi connectivity index (χ0) is 14.5. The average molecular weight is 300 g/mol. The van der Waals surface area contributed by atoms with Crippen molar-refractivity contribution in [3.05, 3.63) is 23.2 Å². The molecule has 5 nitrogen and oxygen atoms in total. The van der Waals surface area contributed by atoms with Crippen molar-refractivity contribution in [2.45, 2.75) is 13.0 Å². The second-order valence-corrected chi connectivity index (χ2v) is 5.24. The molecule has 1 aliphatic rings. The minimum absolute atomic E-state index is 0.0110. The first-order valence-electron chi connectivity index (χ1n) is 6.68. The lowest BCUT2D eigenvalue weighted by Crippen LogP contribution is -3.18. The molecule has 1 saturated heterocycles. The van der Waals surface area contributed by atoms with Crippen LogP contribution in [0.4, 0.5) is 5.69 Å². The number of morpholine rings is 1. The van der Waals surface area contributed by atoms with Crippen LogP contribution in [0.1, 0.15) is 6.92 Å². The third-order valence-corrected chi connectivity index (χ3v) is 3.86. The Morgan fingerprint density at radius 2 is 2.15 bits per heavy atom. The first-order chi connectivity index (χ1) is 9.61. The maximum Gasteiger partial charge on any atom is 0.282 e. The molecule has 110 valence electrons. The van der Waals surface area contributed by atoms with Crippen LogP contribution in [-0.2, 0) is 9.53 Å². The number of nitrogens with one attached hydrogen (secondary N) is 2. The fourth-order valence-electron chi connectivity index (χ4n) is 2.25. The van der Waals surface area contributed by atoms with Crippen molar-refractivity contribution in [2.75, 3.05) is 38.7 Å². The number of rotatable bonds is 4. The van der Waals surface area contributed by atoms with Crippen molar-refractivity contribution in [1.29, 1.82) is 0 Å². The molecule has 0 saturated carbocycles. The van der Waals surface area contributed by atoms with Crippen LogP contribution in [-0.4, -0.2) is 45.4 Å². The molecule has 20 heavy (non-hydrogen) atoms. The normalized spacial score (nSPS) is 17.6. The number of anilines is 1. The molecule has 1 heterocycles. The van der Waals surface area contributed by atoms with Gasteiger partial charge < -0.3 is 19.7 Å². The highest BCUT2D eigenvalue weighted by molar-refractivity contribution is 6.32. The van der Waals surface area contributed by atoms with Crippen molar-refractivity contribution in [2.24, 2.45) is 0 Å². The molecule has 0 radical (unpaired) electrons. The van der Waals surface area contributed by atoms with E-state index < -0.39 is 0 Å². The summed E-state index contributed by atoms with van der Waals surface area (Å²) in [6.07, 6.45) is 0. The number of ether oxygens (including phenoxy) is 2. The molecule has 0 aliphatic carbocycles. The van der Waals surface area contributed by atoms with Gasteiger partial charge in [-0.05, 0) is 25.1 Å².